The quantitative estimate of drug-likeness (QED) is 0.715. The normalized spacial score (nSPS) is 11.0. The van der Waals surface area contributed by atoms with E-state index in [-0.39, 0.29) is 0 Å². The largest absolute Gasteiger partial charge is 0.444 e. The third kappa shape index (κ3) is 2.26. The van der Waals surface area contributed by atoms with Crippen molar-refractivity contribution in [2.24, 2.45) is 0 Å². The number of nitrogens with one attached hydrogen (secondary N) is 1. The van der Waals surface area contributed by atoms with Crippen LogP contribution in [-0.4, -0.2) is 9.97 Å². The summed E-state index contributed by atoms with van der Waals surface area (Å²) in [6, 6.07) is 3.97. The Hall–Kier alpha value is -2.08. The number of hydrogen-bond donors (Lipinski definition) is 2. The lowest BCUT2D eigenvalue weighted by molar-refractivity contribution is 0.466. The fourth-order valence-electron chi connectivity index (χ4n) is 1.87. The van der Waals surface area contributed by atoms with E-state index in [0.29, 0.717) is 18.1 Å². The molecule has 0 bridgehead atoms. The molecule has 19 heavy (non-hydrogen) atoms. The van der Waals surface area contributed by atoms with Crippen LogP contribution < -0.4 is 11.1 Å². The van der Waals surface area contributed by atoms with Gasteiger partial charge in [0.15, 0.2) is 0 Å². The first kappa shape index (κ1) is 12.0. The Balaban J connectivity index is 1.79. The minimum Gasteiger partial charge on any atom is -0.444 e. The van der Waals surface area contributed by atoms with E-state index in [2.05, 4.69) is 15.3 Å². The molecule has 0 unspecified atom stereocenters. The van der Waals surface area contributed by atoms with Crippen molar-refractivity contribution < 1.29 is 4.42 Å². The van der Waals surface area contributed by atoms with E-state index < -0.39 is 0 Å². The van der Waals surface area contributed by atoms with Crippen molar-refractivity contribution in [3.8, 4) is 0 Å². The van der Waals surface area contributed by atoms with Crippen molar-refractivity contribution in [1.29, 1.82) is 0 Å². The Bertz CT molecular complexity index is 704. The van der Waals surface area contributed by atoms with Crippen molar-refractivity contribution in [2.45, 2.75) is 19.9 Å². The number of aromatic nitrogens is 2. The van der Waals surface area contributed by atoms with Crippen molar-refractivity contribution in [3.63, 3.8) is 0 Å². The van der Waals surface area contributed by atoms with Crippen LogP contribution in [0.25, 0.3) is 10.2 Å². The van der Waals surface area contributed by atoms with E-state index in [1.165, 1.54) is 0 Å². The standard InChI is InChI=1S/C13H14N4OS/c1-2-8-5-16-11(18-8)6-15-9-3-4-10-13(12(9)14)17-7-19-10/h3-5,7,15H,2,6,14H2,1H3. The molecule has 3 rings (SSSR count). The van der Waals surface area contributed by atoms with Crippen LogP contribution in [0, 0.1) is 0 Å². The summed E-state index contributed by atoms with van der Waals surface area (Å²) in [6.07, 6.45) is 2.60. The van der Waals surface area contributed by atoms with Crippen LogP contribution in [0.15, 0.2) is 28.3 Å². The SMILES string of the molecule is CCc1cnc(CNc2ccc3scnc3c2N)o1. The number of rotatable bonds is 4. The van der Waals surface area contributed by atoms with Crippen LogP contribution >= 0.6 is 11.3 Å². The van der Waals surface area contributed by atoms with Gasteiger partial charge in [0.2, 0.25) is 5.89 Å². The highest BCUT2D eigenvalue weighted by molar-refractivity contribution is 7.16. The molecule has 3 aromatic rings. The van der Waals surface area contributed by atoms with Crippen LogP contribution in [0.4, 0.5) is 11.4 Å². The number of aryl methyl sites for hydroxylation is 1. The Morgan fingerprint density at radius 3 is 3.05 bits per heavy atom. The molecular weight excluding hydrogens is 260 g/mol. The van der Waals surface area contributed by atoms with E-state index in [4.69, 9.17) is 10.2 Å². The molecule has 98 valence electrons. The van der Waals surface area contributed by atoms with Crippen LogP contribution in [0.3, 0.4) is 0 Å². The van der Waals surface area contributed by atoms with Crippen LogP contribution in [0.5, 0.6) is 0 Å². The number of nitrogen functional groups attached to an aromatic ring is 1. The van der Waals surface area contributed by atoms with E-state index in [1.807, 2.05) is 19.1 Å². The minimum absolute atomic E-state index is 0.514. The summed E-state index contributed by atoms with van der Waals surface area (Å²) in [5.41, 5.74) is 10.3. The summed E-state index contributed by atoms with van der Waals surface area (Å²) in [4.78, 5) is 8.47. The number of nitrogens with two attached hydrogens (primary N) is 1. The predicted octanol–water partition coefficient (Wildman–Crippen LogP) is 3.04. The van der Waals surface area contributed by atoms with Gasteiger partial charge in [-0.1, -0.05) is 6.92 Å². The molecule has 0 radical (unpaired) electrons. The van der Waals surface area contributed by atoms with Gasteiger partial charge in [-0.15, -0.1) is 11.3 Å². The van der Waals surface area contributed by atoms with Crippen LogP contribution in [0.1, 0.15) is 18.6 Å². The van der Waals surface area contributed by atoms with Gasteiger partial charge in [0.05, 0.1) is 34.3 Å². The first-order valence-electron chi connectivity index (χ1n) is 6.07. The molecule has 2 aromatic heterocycles. The Kier molecular flexibility index (Phi) is 3.08. The van der Waals surface area contributed by atoms with Gasteiger partial charge in [-0.25, -0.2) is 9.97 Å². The maximum atomic E-state index is 6.09. The topological polar surface area (TPSA) is 77.0 Å². The molecule has 0 fully saturated rings. The highest BCUT2D eigenvalue weighted by atomic mass is 32.1. The van der Waals surface area contributed by atoms with Gasteiger partial charge in [0, 0.05) is 6.42 Å². The highest BCUT2D eigenvalue weighted by Gasteiger charge is 2.08. The van der Waals surface area contributed by atoms with E-state index in [1.54, 1.807) is 23.0 Å². The highest BCUT2D eigenvalue weighted by Crippen LogP contribution is 2.30. The van der Waals surface area contributed by atoms with E-state index >= 15 is 0 Å². The van der Waals surface area contributed by atoms with E-state index in [9.17, 15) is 0 Å². The fraction of sp³-hybridized carbons (Fsp3) is 0.231. The van der Waals surface area contributed by atoms with Gasteiger partial charge in [0.25, 0.3) is 0 Å². The first-order chi connectivity index (χ1) is 9.28. The smallest absolute Gasteiger partial charge is 0.213 e. The van der Waals surface area contributed by atoms with Gasteiger partial charge in [0.1, 0.15) is 11.3 Å². The number of fused-ring (bicyclic) bond motifs is 1. The Morgan fingerprint density at radius 1 is 1.37 bits per heavy atom. The first-order valence-corrected chi connectivity index (χ1v) is 6.95. The molecule has 0 aliphatic carbocycles. The zero-order chi connectivity index (χ0) is 13.2. The second-order valence-corrected chi connectivity index (χ2v) is 5.04. The Morgan fingerprint density at radius 2 is 2.26 bits per heavy atom. The van der Waals surface area contributed by atoms with Gasteiger partial charge < -0.3 is 15.5 Å². The maximum absolute atomic E-state index is 6.09. The summed E-state index contributed by atoms with van der Waals surface area (Å²) < 4.78 is 6.63. The number of anilines is 2. The molecule has 1 aromatic carbocycles. The molecule has 0 aliphatic heterocycles. The number of oxazole rings is 1. The summed E-state index contributed by atoms with van der Waals surface area (Å²) in [5, 5.41) is 3.23. The summed E-state index contributed by atoms with van der Waals surface area (Å²) in [7, 11) is 0. The van der Waals surface area contributed by atoms with Gasteiger partial charge >= 0.3 is 0 Å². The van der Waals surface area contributed by atoms with Crippen molar-refractivity contribution in [2.75, 3.05) is 11.1 Å². The predicted molar refractivity (Wildman–Crippen MR) is 77.2 cm³/mol. The number of nitrogens with zero attached hydrogens (tertiary/aromatic N) is 2. The van der Waals surface area contributed by atoms with Crippen molar-refractivity contribution >= 4 is 32.9 Å². The number of thiazole rings is 1. The molecule has 5 nitrogen and oxygen atoms in total. The monoisotopic (exact) mass is 274 g/mol. The number of hydrogen-bond acceptors (Lipinski definition) is 6. The minimum atomic E-state index is 0.514. The Labute approximate surface area is 114 Å². The number of benzene rings is 1. The third-order valence-electron chi connectivity index (χ3n) is 2.92. The molecule has 0 spiro atoms. The lowest BCUT2D eigenvalue weighted by Gasteiger charge is -2.07. The molecule has 6 heteroatoms. The molecule has 0 saturated heterocycles. The molecule has 2 heterocycles. The molecule has 3 N–H and O–H groups in total. The van der Waals surface area contributed by atoms with Crippen molar-refractivity contribution in [1.82, 2.24) is 9.97 Å². The molecule has 0 saturated carbocycles. The molecular formula is C13H14N4OS. The zero-order valence-corrected chi connectivity index (χ0v) is 11.3. The van der Waals surface area contributed by atoms with Gasteiger partial charge in [-0.2, -0.15) is 0 Å². The maximum Gasteiger partial charge on any atom is 0.213 e. The average Bonchev–Trinajstić information content (AvgIpc) is 3.06. The van der Waals surface area contributed by atoms with Crippen molar-refractivity contribution in [3.05, 3.63) is 35.5 Å². The van der Waals surface area contributed by atoms with Gasteiger partial charge in [-0.3, -0.25) is 0 Å². The zero-order valence-electron chi connectivity index (χ0n) is 10.5. The lowest BCUT2D eigenvalue weighted by atomic mass is 10.2. The lowest BCUT2D eigenvalue weighted by Crippen LogP contribution is -2.03. The second kappa shape index (κ2) is 4.89. The second-order valence-electron chi connectivity index (χ2n) is 4.15. The molecule has 0 aliphatic rings. The summed E-state index contributed by atoms with van der Waals surface area (Å²) >= 11 is 1.58. The average molecular weight is 274 g/mol. The third-order valence-corrected chi connectivity index (χ3v) is 3.72. The molecule has 0 atom stereocenters. The van der Waals surface area contributed by atoms with Gasteiger partial charge in [-0.05, 0) is 12.1 Å². The van der Waals surface area contributed by atoms with Crippen LogP contribution in [-0.2, 0) is 13.0 Å². The summed E-state index contributed by atoms with van der Waals surface area (Å²) in [6.45, 7) is 2.55. The van der Waals surface area contributed by atoms with Crippen LogP contribution in [0.2, 0.25) is 0 Å². The molecule has 0 amide bonds. The fourth-order valence-corrected chi connectivity index (χ4v) is 2.56. The van der Waals surface area contributed by atoms with E-state index in [0.717, 1.165) is 28.1 Å². The summed E-state index contributed by atoms with van der Waals surface area (Å²) in [5.74, 6) is 1.55.